The van der Waals surface area contributed by atoms with Crippen LogP contribution >= 0.6 is 0 Å². The highest BCUT2D eigenvalue weighted by molar-refractivity contribution is 5.72. The lowest BCUT2D eigenvalue weighted by Crippen LogP contribution is -2.00. The van der Waals surface area contributed by atoms with Crippen molar-refractivity contribution in [3.63, 3.8) is 0 Å². The van der Waals surface area contributed by atoms with Crippen LogP contribution in [0.4, 0.5) is 13.2 Å². The van der Waals surface area contributed by atoms with E-state index in [2.05, 4.69) is 0 Å². The van der Waals surface area contributed by atoms with E-state index in [4.69, 9.17) is 9.47 Å². The van der Waals surface area contributed by atoms with Crippen LogP contribution in [0.25, 0.3) is 22.3 Å². The van der Waals surface area contributed by atoms with Crippen LogP contribution in [0.2, 0.25) is 0 Å². The van der Waals surface area contributed by atoms with Crippen molar-refractivity contribution in [1.29, 1.82) is 0 Å². The molecule has 4 aromatic carbocycles. The number of hydrogen-bond acceptors (Lipinski definition) is 2. The molecule has 0 saturated carbocycles. The molecule has 0 amide bonds. The number of ether oxygens (including phenoxy) is 2. The van der Waals surface area contributed by atoms with E-state index < -0.39 is 11.6 Å². The number of halogens is 3. The maximum atomic E-state index is 14.9. The molecule has 5 heteroatoms. The summed E-state index contributed by atoms with van der Waals surface area (Å²) in [5, 5.41) is 0. The number of hydrogen-bond donors (Lipinski definition) is 0. The molecule has 0 N–H and O–H groups in total. The Bertz CT molecular complexity index is 1270. The molecule has 2 nitrogen and oxygen atoms in total. The highest BCUT2D eigenvalue weighted by atomic mass is 19.2. The fourth-order valence-corrected chi connectivity index (χ4v) is 3.64. The number of benzene rings is 4. The van der Waals surface area contributed by atoms with Crippen molar-refractivity contribution in [2.75, 3.05) is 6.61 Å². The second-order valence-corrected chi connectivity index (χ2v) is 8.03. The van der Waals surface area contributed by atoms with E-state index in [1.807, 2.05) is 26.0 Å². The van der Waals surface area contributed by atoms with Gasteiger partial charge in [-0.2, -0.15) is 0 Å². The van der Waals surface area contributed by atoms with Gasteiger partial charge in [0.1, 0.15) is 18.2 Å². The topological polar surface area (TPSA) is 18.5 Å². The Labute approximate surface area is 197 Å². The number of aryl methyl sites for hydroxylation is 1. The largest absolute Gasteiger partial charge is 0.489 e. The van der Waals surface area contributed by atoms with Crippen LogP contribution in [0.1, 0.15) is 23.6 Å². The molecule has 174 valence electrons. The first-order valence-electron chi connectivity index (χ1n) is 11.1. The summed E-state index contributed by atoms with van der Waals surface area (Å²) in [4.78, 5) is 0. The van der Waals surface area contributed by atoms with Gasteiger partial charge in [-0.1, -0.05) is 66.2 Å². The molecule has 0 aliphatic carbocycles. The van der Waals surface area contributed by atoms with Crippen molar-refractivity contribution in [3.05, 3.63) is 113 Å². The lowest BCUT2D eigenvalue weighted by atomic mass is 9.98. The van der Waals surface area contributed by atoms with Crippen LogP contribution in [-0.4, -0.2) is 6.61 Å². The molecule has 0 radical (unpaired) electrons. The Morgan fingerprint density at radius 3 is 1.82 bits per heavy atom. The first-order chi connectivity index (χ1) is 16.5. The molecule has 0 aromatic heterocycles. The SMILES string of the molecule is CCOCc1ccc(COc2ccc(-c3ccc(-c4ccc(C)cc4)c(F)c3F)cc2)cc1F. The minimum Gasteiger partial charge on any atom is -0.489 e. The second kappa shape index (κ2) is 10.6. The number of rotatable bonds is 8. The Hall–Kier alpha value is -3.57. The Balaban J connectivity index is 1.46. The van der Waals surface area contributed by atoms with E-state index in [-0.39, 0.29) is 30.2 Å². The van der Waals surface area contributed by atoms with E-state index in [9.17, 15) is 13.2 Å². The summed E-state index contributed by atoms with van der Waals surface area (Å²) in [5.41, 5.74) is 3.78. The molecular formula is C29H25F3O2. The second-order valence-electron chi connectivity index (χ2n) is 8.03. The molecule has 0 spiro atoms. The molecule has 34 heavy (non-hydrogen) atoms. The average Bonchev–Trinajstić information content (AvgIpc) is 2.85. The third-order valence-electron chi connectivity index (χ3n) is 5.59. The van der Waals surface area contributed by atoms with Gasteiger partial charge in [0, 0.05) is 23.3 Å². The van der Waals surface area contributed by atoms with Gasteiger partial charge in [-0.3, -0.25) is 0 Å². The van der Waals surface area contributed by atoms with Gasteiger partial charge in [0.15, 0.2) is 11.6 Å². The molecule has 0 fully saturated rings. The summed E-state index contributed by atoms with van der Waals surface area (Å²) in [6.45, 7) is 4.73. The zero-order chi connectivity index (χ0) is 24.1. The zero-order valence-electron chi connectivity index (χ0n) is 19.1. The third-order valence-corrected chi connectivity index (χ3v) is 5.59. The van der Waals surface area contributed by atoms with Gasteiger partial charge in [0.2, 0.25) is 0 Å². The van der Waals surface area contributed by atoms with Gasteiger partial charge < -0.3 is 9.47 Å². The molecule has 0 bridgehead atoms. The summed E-state index contributed by atoms with van der Waals surface area (Å²) in [6.07, 6.45) is 0. The molecule has 0 aliphatic rings. The van der Waals surface area contributed by atoms with E-state index in [1.54, 1.807) is 60.7 Å². The molecular weight excluding hydrogens is 437 g/mol. The van der Waals surface area contributed by atoms with Crippen LogP contribution in [0.5, 0.6) is 5.75 Å². The summed E-state index contributed by atoms with van der Waals surface area (Å²) in [7, 11) is 0. The summed E-state index contributed by atoms with van der Waals surface area (Å²) in [6, 6.07) is 22.1. The Morgan fingerprint density at radius 2 is 1.26 bits per heavy atom. The van der Waals surface area contributed by atoms with Gasteiger partial charge in [-0.15, -0.1) is 0 Å². The van der Waals surface area contributed by atoms with Crippen molar-refractivity contribution in [2.24, 2.45) is 0 Å². The maximum absolute atomic E-state index is 14.9. The van der Waals surface area contributed by atoms with Crippen molar-refractivity contribution >= 4 is 0 Å². The molecule has 0 aliphatic heterocycles. The Kier molecular flexibility index (Phi) is 7.33. The summed E-state index contributed by atoms with van der Waals surface area (Å²) in [5.74, 6) is -1.57. The van der Waals surface area contributed by atoms with E-state index >= 15 is 0 Å². The Morgan fingerprint density at radius 1 is 0.676 bits per heavy atom. The van der Waals surface area contributed by atoms with Crippen molar-refractivity contribution in [2.45, 2.75) is 27.1 Å². The highest BCUT2D eigenvalue weighted by Crippen LogP contribution is 2.32. The zero-order valence-corrected chi connectivity index (χ0v) is 19.1. The monoisotopic (exact) mass is 462 g/mol. The molecule has 0 unspecified atom stereocenters. The van der Waals surface area contributed by atoms with Crippen LogP contribution in [0.3, 0.4) is 0 Å². The van der Waals surface area contributed by atoms with Crippen LogP contribution in [-0.2, 0) is 18.0 Å². The normalized spacial score (nSPS) is 11.0. The predicted octanol–water partition coefficient (Wildman–Crippen LogP) is 7.86. The molecule has 0 heterocycles. The van der Waals surface area contributed by atoms with Crippen LogP contribution in [0.15, 0.2) is 78.9 Å². The van der Waals surface area contributed by atoms with Crippen LogP contribution in [0, 0.1) is 24.4 Å². The third kappa shape index (κ3) is 5.32. The minimum atomic E-state index is -0.894. The van der Waals surface area contributed by atoms with Gasteiger partial charge in [0.05, 0.1) is 6.61 Å². The lowest BCUT2D eigenvalue weighted by molar-refractivity contribution is 0.131. The average molecular weight is 463 g/mol. The van der Waals surface area contributed by atoms with Gasteiger partial charge in [-0.25, -0.2) is 13.2 Å². The standard InChI is InChI=1S/C29H25F3O2/c1-3-33-18-23-9-6-20(16-27(23)30)17-34-24-12-10-22(11-13-24)26-15-14-25(28(31)29(26)32)21-7-4-19(2)5-8-21/h4-16H,3,17-18H2,1-2H3. The fourth-order valence-electron chi connectivity index (χ4n) is 3.64. The highest BCUT2D eigenvalue weighted by Gasteiger charge is 2.16. The smallest absolute Gasteiger partial charge is 0.167 e. The van der Waals surface area contributed by atoms with E-state index in [0.29, 0.717) is 34.6 Å². The first-order valence-corrected chi connectivity index (χ1v) is 11.1. The minimum absolute atomic E-state index is 0.173. The van der Waals surface area contributed by atoms with Crippen molar-refractivity contribution < 1.29 is 22.6 Å². The molecule has 0 atom stereocenters. The fraction of sp³-hybridized carbons (Fsp3) is 0.172. The van der Waals surface area contributed by atoms with E-state index in [0.717, 1.165) is 5.56 Å². The van der Waals surface area contributed by atoms with Gasteiger partial charge in [0.25, 0.3) is 0 Å². The van der Waals surface area contributed by atoms with E-state index in [1.165, 1.54) is 6.07 Å². The predicted molar refractivity (Wildman–Crippen MR) is 128 cm³/mol. The van der Waals surface area contributed by atoms with Crippen LogP contribution < -0.4 is 4.74 Å². The summed E-state index contributed by atoms with van der Waals surface area (Å²) >= 11 is 0. The van der Waals surface area contributed by atoms with Gasteiger partial charge in [-0.05, 0) is 48.7 Å². The van der Waals surface area contributed by atoms with Crippen molar-refractivity contribution in [1.82, 2.24) is 0 Å². The summed E-state index contributed by atoms with van der Waals surface area (Å²) < 4.78 is 54.8. The maximum Gasteiger partial charge on any atom is 0.167 e. The molecule has 4 rings (SSSR count). The molecule has 4 aromatic rings. The quantitative estimate of drug-likeness (QED) is 0.265. The first kappa shape index (κ1) is 23.6. The lowest BCUT2D eigenvalue weighted by Gasteiger charge is -2.11. The van der Waals surface area contributed by atoms with Gasteiger partial charge >= 0.3 is 0 Å². The molecule has 0 saturated heterocycles. The van der Waals surface area contributed by atoms with Crippen molar-refractivity contribution in [3.8, 4) is 28.0 Å².